The summed E-state index contributed by atoms with van der Waals surface area (Å²) in [7, 11) is 0. The van der Waals surface area contributed by atoms with Gasteiger partial charge in [0.1, 0.15) is 12.4 Å². The van der Waals surface area contributed by atoms with E-state index >= 15 is 0 Å². The summed E-state index contributed by atoms with van der Waals surface area (Å²) in [6.45, 7) is 2.86. The number of rotatable bonds is 7. The van der Waals surface area contributed by atoms with Crippen LogP contribution in [0.25, 0.3) is 0 Å². The summed E-state index contributed by atoms with van der Waals surface area (Å²) in [5.41, 5.74) is 2.46. The number of aliphatic hydroxyl groups excluding tert-OH is 1. The Labute approximate surface area is 123 Å². The highest BCUT2D eigenvalue weighted by atomic mass is 16.5. The van der Waals surface area contributed by atoms with E-state index in [-0.39, 0.29) is 6.61 Å². The van der Waals surface area contributed by atoms with Crippen molar-refractivity contribution < 1.29 is 14.3 Å². The fourth-order valence-electron chi connectivity index (χ4n) is 1.86. The number of aryl methyl sites for hydroxylation is 1. The Morgan fingerprint density at radius 2 is 2.29 bits per heavy atom. The van der Waals surface area contributed by atoms with Gasteiger partial charge in [0.05, 0.1) is 30.6 Å². The molecule has 0 aliphatic rings. The number of aliphatic hydroxyl groups is 1. The van der Waals surface area contributed by atoms with E-state index in [1.807, 2.05) is 19.1 Å². The quantitative estimate of drug-likeness (QED) is 0.817. The molecule has 0 aliphatic heterocycles. The molecule has 0 fully saturated rings. The van der Waals surface area contributed by atoms with Crippen molar-refractivity contribution in [3.05, 3.63) is 53.5 Å². The highest BCUT2D eigenvalue weighted by Gasteiger charge is 2.07. The minimum absolute atomic E-state index is 0.213. The van der Waals surface area contributed by atoms with Gasteiger partial charge in [-0.1, -0.05) is 6.07 Å². The average molecular weight is 286 g/mol. The van der Waals surface area contributed by atoms with E-state index < -0.39 is 6.10 Å². The predicted molar refractivity (Wildman–Crippen MR) is 78.8 cm³/mol. The number of hydrogen-bond acceptors (Lipinski definition) is 5. The molecule has 0 bridgehead atoms. The second kappa shape index (κ2) is 7.48. The lowest BCUT2D eigenvalue weighted by Crippen LogP contribution is -2.25. The molecule has 1 heterocycles. The minimum atomic E-state index is -0.634. The molecule has 0 spiro atoms. The zero-order valence-corrected chi connectivity index (χ0v) is 11.9. The molecule has 0 saturated heterocycles. The van der Waals surface area contributed by atoms with Crippen LogP contribution in [0, 0.1) is 18.3 Å². The van der Waals surface area contributed by atoms with E-state index in [2.05, 4.69) is 11.4 Å². The third-order valence-electron chi connectivity index (χ3n) is 3.03. The first-order valence-corrected chi connectivity index (χ1v) is 6.72. The fourth-order valence-corrected chi connectivity index (χ4v) is 1.86. The molecular formula is C16H18N2O3. The number of anilines is 1. The van der Waals surface area contributed by atoms with Crippen LogP contribution in [-0.2, 0) is 11.3 Å². The van der Waals surface area contributed by atoms with Crippen molar-refractivity contribution in [1.29, 1.82) is 5.26 Å². The zero-order valence-electron chi connectivity index (χ0n) is 11.9. The number of hydrogen-bond donors (Lipinski definition) is 2. The second-order valence-corrected chi connectivity index (χ2v) is 4.77. The van der Waals surface area contributed by atoms with Crippen LogP contribution in [0.15, 0.2) is 41.0 Å². The average Bonchev–Trinajstić information content (AvgIpc) is 3.00. The fraction of sp³-hybridized carbons (Fsp3) is 0.312. The molecule has 1 atom stereocenters. The van der Waals surface area contributed by atoms with E-state index in [0.29, 0.717) is 18.7 Å². The molecule has 0 radical (unpaired) electrons. The standard InChI is InChI=1S/C16H18N2O3/c1-12-4-5-13(8-17)7-16(12)18-9-14(19)10-20-11-15-3-2-6-21-15/h2-7,14,18-19H,9-11H2,1H3. The monoisotopic (exact) mass is 286 g/mol. The summed E-state index contributed by atoms with van der Waals surface area (Å²) in [5, 5.41) is 21.9. The number of benzene rings is 1. The maximum atomic E-state index is 9.87. The molecule has 0 amide bonds. The van der Waals surface area contributed by atoms with Crippen molar-refractivity contribution >= 4 is 5.69 Å². The molecule has 2 N–H and O–H groups in total. The van der Waals surface area contributed by atoms with Crippen molar-refractivity contribution in [2.45, 2.75) is 19.6 Å². The molecule has 5 heteroatoms. The van der Waals surface area contributed by atoms with Crippen molar-refractivity contribution in [1.82, 2.24) is 0 Å². The van der Waals surface area contributed by atoms with E-state index in [9.17, 15) is 5.11 Å². The van der Waals surface area contributed by atoms with Gasteiger partial charge in [0.15, 0.2) is 0 Å². The summed E-state index contributed by atoms with van der Waals surface area (Å²) in [6.07, 6.45) is 0.951. The van der Waals surface area contributed by atoms with Crippen LogP contribution in [0.4, 0.5) is 5.69 Å². The zero-order chi connectivity index (χ0) is 15.1. The van der Waals surface area contributed by atoms with Gasteiger partial charge in [-0.2, -0.15) is 5.26 Å². The van der Waals surface area contributed by atoms with Crippen molar-refractivity contribution in [2.24, 2.45) is 0 Å². The number of ether oxygens (including phenoxy) is 1. The first-order valence-electron chi connectivity index (χ1n) is 6.72. The van der Waals surface area contributed by atoms with Gasteiger partial charge in [-0.15, -0.1) is 0 Å². The highest BCUT2D eigenvalue weighted by molar-refractivity contribution is 5.55. The molecule has 1 aromatic heterocycles. The summed E-state index contributed by atoms with van der Waals surface area (Å²) in [5.74, 6) is 0.729. The largest absolute Gasteiger partial charge is 0.467 e. The summed E-state index contributed by atoms with van der Waals surface area (Å²) in [6, 6.07) is 11.1. The number of nitrogens with one attached hydrogen (secondary N) is 1. The summed E-state index contributed by atoms with van der Waals surface area (Å²) >= 11 is 0. The topological polar surface area (TPSA) is 78.4 Å². The lowest BCUT2D eigenvalue weighted by molar-refractivity contribution is 0.0282. The Morgan fingerprint density at radius 3 is 3.00 bits per heavy atom. The van der Waals surface area contributed by atoms with Gasteiger partial charge in [0, 0.05) is 12.2 Å². The molecule has 2 aromatic rings. The van der Waals surface area contributed by atoms with Crippen LogP contribution in [0.1, 0.15) is 16.9 Å². The van der Waals surface area contributed by atoms with Gasteiger partial charge in [-0.05, 0) is 36.8 Å². The Kier molecular flexibility index (Phi) is 5.38. The van der Waals surface area contributed by atoms with Crippen molar-refractivity contribution in [2.75, 3.05) is 18.5 Å². The molecule has 1 aromatic carbocycles. The first-order chi connectivity index (χ1) is 10.2. The molecule has 0 saturated carbocycles. The number of furan rings is 1. The Balaban J connectivity index is 1.76. The normalized spacial score (nSPS) is 11.9. The van der Waals surface area contributed by atoms with Crippen LogP contribution in [0.2, 0.25) is 0 Å². The molecule has 5 nitrogen and oxygen atoms in total. The molecular weight excluding hydrogens is 268 g/mol. The number of nitriles is 1. The van der Waals surface area contributed by atoms with E-state index in [1.165, 1.54) is 0 Å². The number of nitrogens with zero attached hydrogens (tertiary/aromatic N) is 1. The van der Waals surface area contributed by atoms with Gasteiger partial charge in [-0.25, -0.2) is 0 Å². The maximum Gasteiger partial charge on any atom is 0.129 e. The van der Waals surface area contributed by atoms with Gasteiger partial charge >= 0.3 is 0 Å². The van der Waals surface area contributed by atoms with Crippen molar-refractivity contribution in [3.8, 4) is 6.07 Å². The molecule has 1 unspecified atom stereocenters. The van der Waals surface area contributed by atoms with Crippen LogP contribution in [-0.4, -0.2) is 24.4 Å². The van der Waals surface area contributed by atoms with Crippen LogP contribution in [0.5, 0.6) is 0 Å². The van der Waals surface area contributed by atoms with Gasteiger partial charge in [0.25, 0.3) is 0 Å². The van der Waals surface area contributed by atoms with Gasteiger partial charge in [-0.3, -0.25) is 0 Å². The lowest BCUT2D eigenvalue weighted by atomic mass is 10.1. The van der Waals surface area contributed by atoms with E-state index in [0.717, 1.165) is 17.0 Å². The first kappa shape index (κ1) is 15.1. The maximum absolute atomic E-state index is 9.87. The predicted octanol–water partition coefficient (Wildman–Crippen LogP) is 2.45. The Bertz CT molecular complexity index is 602. The Hall–Kier alpha value is -2.29. The summed E-state index contributed by atoms with van der Waals surface area (Å²) < 4.78 is 10.5. The molecule has 110 valence electrons. The second-order valence-electron chi connectivity index (χ2n) is 4.77. The summed E-state index contributed by atoms with van der Waals surface area (Å²) in [4.78, 5) is 0. The molecule has 0 aliphatic carbocycles. The Morgan fingerprint density at radius 1 is 1.43 bits per heavy atom. The third-order valence-corrected chi connectivity index (χ3v) is 3.03. The van der Waals surface area contributed by atoms with Crippen LogP contribution < -0.4 is 5.32 Å². The lowest BCUT2D eigenvalue weighted by Gasteiger charge is -2.14. The van der Waals surface area contributed by atoms with Crippen molar-refractivity contribution in [3.63, 3.8) is 0 Å². The van der Waals surface area contributed by atoms with Crippen LogP contribution >= 0.6 is 0 Å². The van der Waals surface area contributed by atoms with Crippen LogP contribution in [0.3, 0.4) is 0 Å². The molecule has 21 heavy (non-hydrogen) atoms. The van der Waals surface area contributed by atoms with E-state index in [4.69, 9.17) is 14.4 Å². The smallest absolute Gasteiger partial charge is 0.129 e. The van der Waals surface area contributed by atoms with E-state index in [1.54, 1.807) is 24.5 Å². The third kappa shape index (κ3) is 4.63. The SMILES string of the molecule is Cc1ccc(C#N)cc1NCC(O)COCc1ccco1. The van der Waals surface area contributed by atoms with Gasteiger partial charge in [0.2, 0.25) is 0 Å². The minimum Gasteiger partial charge on any atom is -0.467 e. The molecule has 2 rings (SSSR count). The highest BCUT2D eigenvalue weighted by Crippen LogP contribution is 2.16. The van der Waals surface area contributed by atoms with Gasteiger partial charge < -0.3 is 19.6 Å².